The van der Waals surface area contributed by atoms with Gasteiger partial charge in [-0.1, -0.05) is 0 Å². The molecule has 6 nitrogen and oxygen atoms in total. The Balaban J connectivity index is 2.74. The lowest BCUT2D eigenvalue weighted by Gasteiger charge is -2.07. The molecule has 1 unspecified atom stereocenters. The third-order valence-corrected chi connectivity index (χ3v) is 2.22. The molecule has 1 atom stereocenters. The molecule has 1 aromatic rings. The first-order valence-corrected chi connectivity index (χ1v) is 5.32. The van der Waals surface area contributed by atoms with Crippen molar-refractivity contribution in [2.45, 2.75) is 25.9 Å². The van der Waals surface area contributed by atoms with Gasteiger partial charge in [-0.15, -0.1) is 0 Å². The van der Waals surface area contributed by atoms with Gasteiger partial charge in [0.15, 0.2) is 0 Å². The standard InChI is InChI=1S/C11H13FN2O4/c1-7(15)2-5-11(16)13-10-6-8(14(17)18)3-4-9(10)12/h3-4,6-7,15H,2,5H2,1H3,(H,13,16). The van der Waals surface area contributed by atoms with Crippen molar-refractivity contribution in [2.75, 3.05) is 5.32 Å². The molecule has 1 amide bonds. The highest BCUT2D eigenvalue weighted by molar-refractivity contribution is 5.91. The predicted molar refractivity (Wildman–Crippen MR) is 62.6 cm³/mol. The van der Waals surface area contributed by atoms with E-state index in [1.165, 1.54) is 6.92 Å². The van der Waals surface area contributed by atoms with Crippen molar-refractivity contribution in [1.29, 1.82) is 0 Å². The Labute approximate surface area is 103 Å². The SMILES string of the molecule is CC(O)CCC(=O)Nc1cc([N+](=O)[O-])ccc1F. The number of nitro benzene ring substituents is 1. The van der Waals surface area contributed by atoms with Crippen molar-refractivity contribution in [3.8, 4) is 0 Å². The summed E-state index contributed by atoms with van der Waals surface area (Å²) in [6.07, 6.45) is -0.381. The molecular formula is C11H13FN2O4. The second kappa shape index (κ2) is 6.06. The quantitative estimate of drug-likeness (QED) is 0.621. The lowest BCUT2D eigenvalue weighted by Crippen LogP contribution is -2.15. The smallest absolute Gasteiger partial charge is 0.271 e. The fourth-order valence-electron chi connectivity index (χ4n) is 1.28. The minimum Gasteiger partial charge on any atom is -0.393 e. The zero-order valence-electron chi connectivity index (χ0n) is 9.72. The average molecular weight is 256 g/mol. The molecule has 0 fully saturated rings. The number of hydrogen-bond acceptors (Lipinski definition) is 4. The number of halogens is 1. The Morgan fingerprint density at radius 3 is 2.83 bits per heavy atom. The summed E-state index contributed by atoms with van der Waals surface area (Å²) in [6.45, 7) is 1.53. The van der Waals surface area contributed by atoms with Gasteiger partial charge in [0.05, 0.1) is 16.7 Å². The first-order valence-electron chi connectivity index (χ1n) is 5.32. The number of nitrogens with zero attached hydrogens (tertiary/aromatic N) is 1. The largest absolute Gasteiger partial charge is 0.393 e. The minimum atomic E-state index is -0.744. The molecule has 18 heavy (non-hydrogen) atoms. The van der Waals surface area contributed by atoms with Crippen molar-refractivity contribution < 1.29 is 19.2 Å². The maximum atomic E-state index is 13.3. The highest BCUT2D eigenvalue weighted by Crippen LogP contribution is 2.21. The minimum absolute atomic E-state index is 0.0137. The van der Waals surface area contributed by atoms with E-state index in [0.29, 0.717) is 0 Å². The van der Waals surface area contributed by atoms with E-state index in [-0.39, 0.29) is 24.2 Å². The van der Waals surface area contributed by atoms with Crippen molar-refractivity contribution in [2.24, 2.45) is 0 Å². The maximum absolute atomic E-state index is 13.3. The highest BCUT2D eigenvalue weighted by Gasteiger charge is 2.13. The number of non-ortho nitro benzene ring substituents is 1. The van der Waals surface area contributed by atoms with E-state index in [2.05, 4.69) is 5.32 Å². The van der Waals surface area contributed by atoms with Crippen LogP contribution in [0.2, 0.25) is 0 Å². The van der Waals surface area contributed by atoms with Crippen LogP contribution in [0.15, 0.2) is 18.2 Å². The van der Waals surface area contributed by atoms with E-state index in [1.807, 2.05) is 0 Å². The molecular weight excluding hydrogens is 243 g/mol. The number of nitro groups is 1. The van der Waals surface area contributed by atoms with Crippen molar-refractivity contribution >= 4 is 17.3 Å². The van der Waals surface area contributed by atoms with Crippen LogP contribution in [0, 0.1) is 15.9 Å². The third kappa shape index (κ3) is 4.10. The van der Waals surface area contributed by atoms with Gasteiger partial charge in [-0.25, -0.2) is 4.39 Å². The molecule has 1 aromatic carbocycles. The zero-order chi connectivity index (χ0) is 13.7. The summed E-state index contributed by atoms with van der Waals surface area (Å²) in [6, 6.07) is 2.89. The Hall–Kier alpha value is -2.02. The average Bonchev–Trinajstić information content (AvgIpc) is 2.29. The summed E-state index contributed by atoms with van der Waals surface area (Å²) in [5.41, 5.74) is -0.540. The van der Waals surface area contributed by atoms with Gasteiger partial charge in [-0.3, -0.25) is 14.9 Å². The van der Waals surface area contributed by atoms with Gasteiger partial charge in [0.25, 0.3) is 5.69 Å². The molecule has 0 aliphatic carbocycles. The van der Waals surface area contributed by atoms with Crippen LogP contribution in [0.4, 0.5) is 15.8 Å². The van der Waals surface area contributed by atoms with Crippen LogP contribution in [-0.2, 0) is 4.79 Å². The Bertz CT molecular complexity index is 462. The lowest BCUT2D eigenvalue weighted by atomic mass is 10.2. The van der Waals surface area contributed by atoms with Crippen molar-refractivity contribution in [3.05, 3.63) is 34.1 Å². The third-order valence-electron chi connectivity index (χ3n) is 2.22. The molecule has 0 aromatic heterocycles. The number of hydrogen-bond donors (Lipinski definition) is 2. The second-order valence-electron chi connectivity index (χ2n) is 3.86. The molecule has 0 saturated carbocycles. The first-order chi connectivity index (χ1) is 8.40. The Kier molecular flexibility index (Phi) is 4.73. The van der Waals surface area contributed by atoms with Gasteiger partial charge in [0.2, 0.25) is 5.91 Å². The number of rotatable bonds is 5. The molecule has 0 heterocycles. The van der Waals surface area contributed by atoms with E-state index >= 15 is 0 Å². The molecule has 2 N–H and O–H groups in total. The summed E-state index contributed by atoms with van der Waals surface area (Å²) in [5, 5.41) is 21.7. The fourth-order valence-corrected chi connectivity index (χ4v) is 1.28. The first kappa shape index (κ1) is 14.0. The van der Waals surface area contributed by atoms with E-state index in [4.69, 9.17) is 5.11 Å². The lowest BCUT2D eigenvalue weighted by molar-refractivity contribution is -0.384. The van der Waals surface area contributed by atoms with Crippen molar-refractivity contribution in [1.82, 2.24) is 0 Å². The summed E-state index contributed by atoms with van der Waals surface area (Å²) in [5.74, 6) is -1.25. The van der Waals surface area contributed by atoms with E-state index in [0.717, 1.165) is 18.2 Å². The van der Waals surface area contributed by atoms with Crippen LogP contribution in [0.3, 0.4) is 0 Å². The fraction of sp³-hybridized carbons (Fsp3) is 0.364. The number of carbonyl (C=O) groups excluding carboxylic acids is 1. The van der Waals surface area contributed by atoms with Gasteiger partial charge < -0.3 is 10.4 Å². The van der Waals surface area contributed by atoms with E-state index < -0.39 is 22.8 Å². The molecule has 0 radical (unpaired) electrons. The number of amides is 1. The van der Waals surface area contributed by atoms with Gasteiger partial charge in [0, 0.05) is 18.6 Å². The molecule has 98 valence electrons. The number of nitrogens with one attached hydrogen (secondary N) is 1. The van der Waals surface area contributed by atoms with Crippen LogP contribution in [-0.4, -0.2) is 22.0 Å². The van der Waals surface area contributed by atoms with E-state index in [1.54, 1.807) is 0 Å². The predicted octanol–water partition coefficient (Wildman–Crippen LogP) is 1.83. The normalized spacial score (nSPS) is 11.9. The van der Waals surface area contributed by atoms with Gasteiger partial charge in [-0.2, -0.15) is 0 Å². The molecule has 0 spiro atoms. The summed E-state index contributed by atoms with van der Waals surface area (Å²) < 4.78 is 13.3. The van der Waals surface area contributed by atoms with Crippen LogP contribution in [0.5, 0.6) is 0 Å². The zero-order valence-corrected chi connectivity index (χ0v) is 9.72. The van der Waals surface area contributed by atoms with Gasteiger partial charge >= 0.3 is 0 Å². The van der Waals surface area contributed by atoms with Crippen LogP contribution in [0.25, 0.3) is 0 Å². The topological polar surface area (TPSA) is 92.5 Å². The molecule has 0 aliphatic rings. The van der Waals surface area contributed by atoms with Gasteiger partial charge in [0.1, 0.15) is 5.82 Å². The number of benzene rings is 1. The molecule has 1 rings (SSSR count). The number of carbonyl (C=O) groups is 1. The Morgan fingerprint density at radius 1 is 1.61 bits per heavy atom. The summed E-state index contributed by atoms with van der Waals surface area (Å²) in [4.78, 5) is 21.2. The van der Waals surface area contributed by atoms with Crippen LogP contribution in [0.1, 0.15) is 19.8 Å². The molecule has 0 bridgehead atoms. The summed E-state index contributed by atoms with van der Waals surface area (Å²) >= 11 is 0. The number of aliphatic hydroxyl groups excluding tert-OH is 1. The number of aliphatic hydroxyl groups is 1. The van der Waals surface area contributed by atoms with Gasteiger partial charge in [-0.05, 0) is 19.4 Å². The van der Waals surface area contributed by atoms with Crippen LogP contribution >= 0.6 is 0 Å². The molecule has 0 aliphatic heterocycles. The second-order valence-corrected chi connectivity index (χ2v) is 3.86. The Morgan fingerprint density at radius 2 is 2.28 bits per heavy atom. The summed E-state index contributed by atoms with van der Waals surface area (Å²) in [7, 11) is 0. The molecule has 0 saturated heterocycles. The van der Waals surface area contributed by atoms with E-state index in [9.17, 15) is 19.3 Å². The highest BCUT2D eigenvalue weighted by atomic mass is 19.1. The van der Waals surface area contributed by atoms with Crippen LogP contribution < -0.4 is 5.32 Å². The molecule has 7 heteroatoms. The monoisotopic (exact) mass is 256 g/mol. The van der Waals surface area contributed by atoms with Crippen molar-refractivity contribution in [3.63, 3.8) is 0 Å². The number of anilines is 1. The maximum Gasteiger partial charge on any atom is 0.271 e.